The maximum atomic E-state index is 5.15. The maximum Gasteiger partial charge on any atom is 0.149 e. The van der Waals surface area contributed by atoms with Gasteiger partial charge in [0.1, 0.15) is 11.6 Å². The predicted molar refractivity (Wildman–Crippen MR) is 70.7 cm³/mol. The fourth-order valence-corrected chi connectivity index (χ4v) is 1.79. The van der Waals surface area contributed by atoms with Crippen molar-refractivity contribution < 1.29 is 4.74 Å². The van der Waals surface area contributed by atoms with Gasteiger partial charge in [0.25, 0.3) is 0 Å². The van der Waals surface area contributed by atoms with Crippen LogP contribution in [0.4, 0.5) is 0 Å². The minimum absolute atomic E-state index is 0.00324. The second kappa shape index (κ2) is 5.60. The Morgan fingerprint density at radius 1 is 1.11 bits per heavy atom. The van der Waals surface area contributed by atoms with E-state index in [4.69, 9.17) is 4.74 Å². The Balaban J connectivity index is 2.29. The van der Waals surface area contributed by atoms with Crippen molar-refractivity contribution in [3.63, 3.8) is 0 Å². The number of rotatable bonds is 4. The molecule has 4 heteroatoms. The Kier molecular flexibility index (Phi) is 3.89. The monoisotopic (exact) mass is 243 g/mol. The van der Waals surface area contributed by atoms with E-state index in [2.05, 4.69) is 15.3 Å². The van der Waals surface area contributed by atoms with Crippen LogP contribution in [0.1, 0.15) is 23.0 Å². The van der Waals surface area contributed by atoms with Crippen molar-refractivity contribution in [2.45, 2.75) is 13.0 Å². The average molecular weight is 243 g/mol. The van der Waals surface area contributed by atoms with Gasteiger partial charge >= 0.3 is 0 Å². The summed E-state index contributed by atoms with van der Waals surface area (Å²) < 4.78 is 5.15. The van der Waals surface area contributed by atoms with E-state index in [1.165, 1.54) is 0 Å². The lowest BCUT2D eigenvalue weighted by atomic mass is 10.1. The standard InChI is InChI=1S/C14H17N3O/c1-10-8-16-14(17-9-10)13(15-2)11-4-6-12(18-3)7-5-11/h4-9,13,15H,1-3H3. The zero-order valence-electron chi connectivity index (χ0n) is 10.8. The lowest BCUT2D eigenvalue weighted by molar-refractivity contribution is 0.414. The highest BCUT2D eigenvalue weighted by molar-refractivity contribution is 5.31. The minimum atomic E-state index is -0.00324. The Morgan fingerprint density at radius 2 is 1.72 bits per heavy atom. The van der Waals surface area contributed by atoms with E-state index in [0.717, 1.165) is 22.7 Å². The van der Waals surface area contributed by atoms with E-state index in [9.17, 15) is 0 Å². The van der Waals surface area contributed by atoms with Crippen molar-refractivity contribution in [1.82, 2.24) is 15.3 Å². The smallest absolute Gasteiger partial charge is 0.149 e. The first kappa shape index (κ1) is 12.5. The molecular formula is C14H17N3O. The Morgan fingerprint density at radius 3 is 2.22 bits per heavy atom. The zero-order chi connectivity index (χ0) is 13.0. The van der Waals surface area contributed by atoms with Gasteiger partial charge in [-0.25, -0.2) is 9.97 Å². The van der Waals surface area contributed by atoms with Crippen LogP contribution < -0.4 is 10.1 Å². The van der Waals surface area contributed by atoms with Gasteiger partial charge < -0.3 is 10.1 Å². The summed E-state index contributed by atoms with van der Waals surface area (Å²) in [4.78, 5) is 8.73. The number of aryl methyl sites for hydroxylation is 1. The molecule has 4 nitrogen and oxygen atoms in total. The van der Waals surface area contributed by atoms with Crippen LogP contribution in [0.2, 0.25) is 0 Å². The van der Waals surface area contributed by atoms with Crippen molar-refractivity contribution in [2.75, 3.05) is 14.2 Å². The molecule has 0 saturated carbocycles. The normalized spacial score (nSPS) is 12.2. The number of methoxy groups -OCH3 is 1. The van der Waals surface area contributed by atoms with Gasteiger partial charge in [-0.2, -0.15) is 0 Å². The number of benzene rings is 1. The third kappa shape index (κ3) is 2.65. The van der Waals surface area contributed by atoms with Gasteiger partial charge in [-0.1, -0.05) is 12.1 Å². The molecule has 0 aliphatic rings. The number of nitrogens with zero attached hydrogens (tertiary/aromatic N) is 2. The van der Waals surface area contributed by atoms with Crippen LogP contribution in [0, 0.1) is 6.92 Å². The molecule has 0 radical (unpaired) electrons. The highest BCUT2D eigenvalue weighted by Crippen LogP contribution is 2.21. The first-order chi connectivity index (χ1) is 8.74. The first-order valence-corrected chi connectivity index (χ1v) is 5.84. The predicted octanol–water partition coefficient (Wildman–Crippen LogP) is 2.10. The molecule has 1 heterocycles. The molecule has 18 heavy (non-hydrogen) atoms. The molecule has 1 atom stereocenters. The molecule has 0 saturated heterocycles. The van der Waals surface area contributed by atoms with Crippen LogP contribution in [-0.2, 0) is 0 Å². The molecule has 2 aromatic rings. The minimum Gasteiger partial charge on any atom is -0.497 e. The summed E-state index contributed by atoms with van der Waals surface area (Å²) in [5.41, 5.74) is 2.17. The highest BCUT2D eigenvalue weighted by Gasteiger charge is 2.14. The number of aromatic nitrogens is 2. The van der Waals surface area contributed by atoms with E-state index in [1.54, 1.807) is 7.11 Å². The highest BCUT2D eigenvalue weighted by atomic mass is 16.5. The van der Waals surface area contributed by atoms with E-state index < -0.39 is 0 Å². The number of ether oxygens (including phenoxy) is 1. The Labute approximate surface area is 107 Å². The van der Waals surface area contributed by atoms with Gasteiger partial charge in [-0.05, 0) is 37.2 Å². The molecule has 2 rings (SSSR count). The molecule has 1 aromatic heterocycles. The Hall–Kier alpha value is -1.94. The molecule has 0 amide bonds. The van der Waals surface area contributed by atoms with Crippen LogP contribution in [-0.4, -0.2) is 24.1 Å². The largest absolute Gasteiger partial charge is 0.497 e. The molecule has 1 aromatic carbocycles. The Bertz CT molecular complexity index is 493. The van der Waals surface area contributed by atoms with Crippen molar-refractivity contribution >= 4 is 0 Å². The lowest BCUT2D eigenvalue weighted by Crippen LogP contribution is -2.20. The van der Waals surface area contributed by atoms with E-state index in [1.807, 2.05) is 50.6 Å². The van der Waals surface area contributed by atoms with E-state index in [-0.39, 0.29) is 6.04 Å². The van der Waals surface area contributed by atoms with Gasteiger partial charge in [0, 0.05) is 12.4 Å². The molecular weight excluding hydrogens is 226 g/mol. The summed E-state index contributed by atoms with van der Waals surface area (Å²) >= 11 is 0. The third-order valence-corrected chi connectivity index (χ3v) is 2.80. The molecule has 0 aliphatic heterocycles. The number of hydrogen-bond donors (Lipinski definition) is 1. The van der Waals surface area contributed by atoms with Gasteiger partial charge in [0.05, 0.1) is 13.2 Å². The third-order valence-electron chi connectivity index (χ3n) is 2.80. The second-order valence-electron chi connectivity index (χ2n) is 4.11. The number of hydrogen-bond acceptors (Lipinski definition) is 4. The van der Waals surface area contributed by atoms with Gasteiger partial charge in [0.2, 0.25) is 0 Å². The van der Waals surface area contributed by atoms with Gasteiger partial charge in [-0.15, -0.1) is 0 Å². The van der Waals surface area contributed by atoms with Crippen LogP contribution in [0.25, 0.3) is 0 Å². The summed E-state index contributed by atoms with van der Waals surface area (Å²) in [6.45, 7) is 1.98. The summed E-state index contributed by atoms with van der Waals surface area (Å²) in [6.07, 6.45) is 3.66. The van der Waals surface area contributed by atoms with Crippen LogP contribution in [0.5, 0.6) is 5.75 Å². The fourth-order valence-electron chi connectivity index (χ4n) is 1.79. The molecule has 94 valence electrons. The summed E-state index contributed by atoms with van der Waals surface area (Å²) in [5, 5.41) is 3.23. The zero-order valence-corrected chi connectivity index (χ0v) is 10.8. The fraction of sp³-hybridized carbons (Fsp3) is 0.286. The molecule has 1 unspecified atom stereocenters. The summed E-state index contributed by atoms with van der Waals surface area (Å²) in [7, 11) is 3.56. The molecule has 0 bridgehead atoms. The first-order valence-electron chi connectivity index (χ1n) is 5.84. The average Bonchev–Trinajstić information content (AvgIpc) is 2.42. The quantitative estimate of drug-likeness (QED) is 0.893. The molecule has 0 spiro atoms. The van der Waals surface area contributed by atoms with Gasteiger partial charge in [-0.3, -0.25) is 0 Å². The maximum absolute atomic E-state index is 5.15. The SMILES string of the molecule is CNC(c1ccc(OC)cc1)c1ncc(C)cn1. The number of nitrogens with one attached hydrogen (secondary N) is 1. The second-order valence-corrected chi connectivity index (χ2v) is 4.11. The van der Waals surface area contributed by atoms with Crippen molar-refractivity contribution in [3.05, 3.63) is 53.6 Å². The summed E-state index contributed by atoms with van der Waals surface area (Å²) in [5.74, 6) is 1.62. The van der Waals surface area contributed by atoms with E-state index in [0.29, 0.717) is 0 Å². The molecule has 0 fully saturated rings. The van der Waals surface area contributed by atoms with Gasteiger partial charge in [0.15, 0.2) is 0 Å². The lowest BCUT2D eigenvalue weighted by Gasteiger charge is -2.15. The molecule has 0 aliphatic carbocycles. The van der Waals surface area contributed by atoms with Crippen LogP contribution in [0.3, 0.4) is 0 Å². The van der Waals surface area contributed by atoms with E-state index >= 15 is 0 Å². The van der Waals surface area contributed by atoms with Crippen molar-refractivity contribution in [1.29, 1.82) is 0 Å². The summed E-state index contributed by atoms with van der Waals surface area (Å²) in [6, 6.07) is 7.91. The van der Waals surface area contributed by atoms with Crippen LogP contribution >= 0.6 is 0 Å². The molecule has 1 N–H and O–H groups in total. The van der Waals surface area contributed by atoms with Crippen molar-refractivity contribution in [2.24, 2.45) is 0 Å². The van der Waals surface area contributed by atoms with Crippen molar-refractivity contribution in [3.8, 4) is 5.75 Å². The topological polar surface area (TPSA) is 47.0 Å². The van der Waals surface area contributed by atoms with Crippen LogP contribution in [0.15, 0.2) is 36.7 Å².